The highest BCUT2D eigenvalue weighted by Crippen LogP contribution is 2.62. The quantitative estimate of drug-likeness (QED) is 0.185. The Labute approximate surface area is 300 Å². The lowest BCUT2D eigenvalue weighted by Gasteiger charge is -2.23. The summed E-state index contributed by atoms with van der Waals surface area (Å²) >= 11 is 0. The first-order valence-corrected chi connectivity index (χ1v) is 18.1. The number of benzene rings is 8. The van der Waals surface area contributed by atoms with Crippen LogP contribution in [0.4, 0.5) is 0 Å². The molecule has 0 amide bonds. The lowest BCUT2D eigenvalue weighted by Crippen LogP contribution is -2.23. The normalized spacial score (nSPS) is 18.4. The molecule has 52 heavy (non-hydrogen) atoms. The second kappa shape index (κ2) is 10.2. The molecular formula is C49H30N2O. The van der Waals surface area contributed by atoms with Gasteiger partial charge in [0.2, 0.25) is 0 Å². The summed E-state index contributed by atoms with van der Waals surface area (Å²) in [7, 11) is 0. The van der Waals surface area contributed by atoms with Gasteiger partial charge in [-0.1, -0.05) is 140 Å². The van der Waals surface area contributed by atoms with Crippen molar-refractivity contribution in [3.8, 4) is 33.4 Å². The van der Waals surface area contributed by atoms with E-state index in [9.17, 15) is 0 Å². The monoisotopic (exact) mass is 662 g/mol. The molecule has 2 unspecified atom stereocenters. The standard InChI is InChI=1S/C49H30N2O/c1-2-12-30(13-3-1)48-50-47(32-22-21-29-11-4-5-14-31(29)25-32)42-28-49(42,51-48)41-26-33(27-44-46(41)40-17-8-9-20-43(40)52-44)34-23-24-39-36-16-7-6-15-35(36)38-19-10-18-37(34)45(38)39/h1-27,42H,28H2. The highest BCUT2D eigenvalue weighted by Gasteiger charge is 2.61. The summed E-state index contributed by atoms with van der Waals surface area (Å²) in [6.45, 7) is 0. The van der Waals surface area contributed by atoms with Crippen molar-refractivity contribution in [3.63, 3.8) is 0 Å². The van der Waals surface area contributed by atoms with Crippen molar-refractivity contribution < 1.29 is 4.42 Å². The number of aliphatic imine (C=N–C) groups is 2. The predicted octanol–water partition coefficient (Wildman–Crippen LogP) is 12.4. The highest BCUT2D eigenvalue weighted by atomic mass is 16.3. The first-order valence-electron chi connectivity index (χ1n) is 18.1. The Morgan fingerprint density at radius 2 is 1.19 bits per heavy atom. The van der Waals surface area contributed by atoms with Crippen LogP contribution in [0, 0.1) is 5.92 Å². The second-order valence-corrected chi connectivity index (χ2v) is 14.5. The van der Waals surface area contributed by atoms with Gasteiger partial charge in [-0.2, -0.15) is 0 Å². The Kier molecular flexibility index (Phi) is 5.55. The van der Waals surface area contributed by atoms with Crippen molar-refractivity contribution in [1.82, 2.24) is 0 Å². The fourth-order valence-electron chi connectivity index (χ4n) is 9.20. The van der Waals surface area contributed by atoms with E-state index >= 15 is 0 Å². The molecule has 2 atom stereocenters. The van der Waals surface area contributed by atoms with Gasteiger partial charge in [-0.3, -0.25) is 4.99 Å². The van der Waals surface area contributed by atoms with Gasteiger partial charge in [0.1, 0.15) is 11.2 Å². The molecule has 12 rings (SSSR count). The first-order chi connectivity index (χ1) is 25.7. The first kappa shape index (κ1) is 28.2. The van der Waals surface area contributed by atoms with E-state index in [4.69, 9.17) is 14.4 Å². The fourth-order valence-corrected chi connectivity index (χ4v) is 9.20. The zero-order valence-electron chi connectivity index (χ0n) is 28.2. The van der Waals surface area contributed by atoms with Gasteiger partial charge in [-0.05, 0) is 96.7 Å². The van der Waals surface area contributed by atoms with Crippen LogP contribution in [0.1, 0.15) is 23.1 Å². The molecule has 3 aliphatic rings. The molecule has 2 aliphatic carbocycles. The minimum absolute atomic E-state index is 0.135. The summed E-state index contributed by atoms with van der Waals surface area (Å²) in [5, 5.41) is 7.31. The van der Waals surface area contributed by atoms with Crippen molar-refractivity contribution in [2.75, 3.05) is 0 Å². The third-order valence-electron chi connectivity index (χ3n) is 11.7. The lowest BCUT2D eigenvalue weighted by molar-refractivity contribution is 0.666. The van der Waals surface area contributed by atoms with Crippen LogP contribution in [0.15, 0.2) is 178 Å². The smallest absolute Gasteiger partial charge is 0.155 e. The molecule has 3 nitrogen and oxygen atoms in total. The molecule has 1 saturated carbocycles. The maximum absolute atomic E-state index is 6.72. The van der Waals surface area contributed by atoms with Crippen molar-refractivity contribution >= 4 is 55.0 Å². The van der Waals surface area contributed by atoms with Crippen LogP contribution in [0.5, 0.6) is 0 Å². The van der Waals surface area contributed by atoms with E-state index in [1.807, 2.05) is 0 Å². The molecule has 0 radical (unpaired) electrons. The largest absolute Gasteiger partial charge is 0.456 e. The molecule has 0 bridgehead atoms. The van der Waals surface area contributed by atoms with Gasteiger partial charge in [0, 0.05) is 22.3 Å². The molecule has 0 saturated heterocycles. The number of hydrogen-bond donors (Lipinski definition) is 0. The number of rotatable bonds is 4. The maximum Gasteiger partial charge on any atom is 0.155 e. The van der Waals surface area contributed by atoms with Gasteiger partial charge in [-0.15, -0.1) is 0 Å². The van der Waals surface area contributed by atoms with E-state index in [0.29, 0.717) is 0 Å². The molecule has 1 fully saturated rings. The minimum Gasteiger partial charge on any atom is -0.456 e. The van der Waals surface area contributed by atoms with Crippen LogP contribution in [0.2, 0.25) is 0 Å². The van der Waals surface area contributed by atoms with Gasteiger partial charge in [-0.25, -0.2) is 4.99 Å². The Bertz CT molecular complexity index is 3030. The topological polar surface area (TPSA) is 37.9 Å². The van der Waals surface area contributed by atoms with E-state index in [2.05, 4.69) is 164 Å². The Balaban J connectivity index is 1.12. The van der Waals surface area contributed by atoms with Crippen LogP contribution in [-0.2, 0) is 5.54 Å². The molecule has 8 aromatic carbocycles. The number of para-hydroxylation sites is 1. The van der Waals surface area contributed by atoms with E-state index in [-0.39, 0.29) is 5.92 Å². The third-order valence-corrected chi connectivity index (χ3v) is 11.7. The van der Waals surface area contributed by atoms with Crippen molar-refractivity contribution in [1.29, 1.82) is 0 Å². The summed E-state index contributed by atoms with van der Waals surface area (Å²) in [5.41, 5.74) is 13.4. The molecule has 9 aromatic rings. The fraction of sp³-hybridized carbons (Fsp3) is 0.0612. The van der Waals surface area contributed by atoms with E-state index in [0.717, 1.165) is 56.6 Å². The van der Waals surface area contributed by atoms with Gasteiger partial charge >= 0.3 is 0 Å². The molecular weight excluding hydrogens is 633 g/mol. The highest BCUT2D eigenvalue weighted by molar-refractivity contribution is 6.21. The van der Waals surface area contributed by atoms with Crippen molar-refractivity contribution in [3.05, 3.63) is 180 Å². The number of furan rings is 1. The summed E-state index contributed by atoms with van der Waals surface area (Å²) in [6.07, 6.45) is 0.881. The number of hydrogen-bond acceptors (Lipinski definition) is 3. The molecule has 242 valence electrons. The molecule has 0 N–H and O–H groups in total. The predicted molar refractivity (Wildman–Crippen MR) is 214 cm³/mol. The summed E-state index contributed by atoms with van der Waals surface area (Å²) in [5.74, 6) is 0.919. The van der Waals surface area contributed by atoms with Crippen LogP contribution in [0.3, 0.4) is 0 Å². The minimum atomic E-state index is -0.486. The second-order valence-electron chi connectivity index (χ2n) is 14.5. The Hall–Kier alpha value is -6.58. The SMILES string of the molecule is c1ccc(C2=NC3(c4cc(-c5ccc6c7c(cccc57)-c5ccccc5-6)cc5oc6ccccc6c45)CC3C(c3ccc4ccccc4c3)=N2)cc1. The van der Waals surface area contributed by atoms with E-state index < -0.39 is 5.54 Å². The van der Waals surface area contributed by atoms with Gasteiger partial charge < -0.3 is 4.42 Å². The molecule has 1 aliphatic heterocycles. The van der Waals surface area contributed by atoms with Gasteiger partial charge in [0.05, 0.1) is 11.3 Å². The Morgan fingerprint density at radius 1 is 0.481 bits per heavy atom. The van der Waals surface area contributed by atoms with Crippen LogP contribution in [0.25, 0.3) is 76.9 Å². The average Bonchev–Trinajstić information content (AvgIpc) is 3.72. The van der Waals surface area contributed by atoms with E-state index in [1.165, 1.54) is 54.9 Å². The number of nitrogens with zero attached hydrogens (tertiary/aromatic N) is 2. The van der Waals surface area contributed by atoms with Crippen molar-refractivity contribution in [2.45, 2.75) is 12.0 Å². The average molecular weight is 663 g/mol. The third kappa shape index (κ3) is 3.85. The zero-order valence-corrected chi connectivity index (χ0v) is 28.2. The summed E-state index contributed by atoms with van der Waals surface area (Å²) in [4.78, 5) is 11.0. The van der Waals surface area contributed by atoms with Crippen LogP contribution >= 0.6 is 0 Å². The van der Waals surface area contributed by atoms with Gasteiger partial charge in [0.15, 0.2) is 5.84 Å². The maximum atomic E-state index is 6.72. The van der Waals surface area contributed by atoms with Crippen molar-refractivity contribution in [2.24, 2.45) is 15.9 Å². The number of fused-ring (bicyclic) bond motifs is 8. The molecule has 0 spiro atoms. The zero-order chi connectivity index (χ0) is 34.0. The summed E-state index contributed by atoms with van der Waals surface area (Å²) < 4.78 is 6.72. The summed E-state index contributed by atoms with van der Waals surface area (Å²) in [6, 6.07) is 59.0. The van der Waals surface area contributed by atoms with Crippen LogP contribution in [-0.4, -0.2) is 11.5 Å². The molecule has 2 heterocycles. The molecule has 3 heteroatoms. The lowest BCUT2D eigenvalue weighted by atomic mass is 9.88. The Morgan fingerprint density at radius 3 is 2.08 bits per heavy atom. The molecule has 1 aromatic heterocycles. The van der Waals surface area contributed by atoms with Gasteiger partial charge in [0.25, 0.3) is 0 Å². The number of amidine groups is 1. The van der Waals surface area contributed by atoms with Crippen LogP contribution < -0.4 is 0 Å². The van der Waals surface area contributed by atoms with E-state index in [1.54, 1.807) is 0 Å².